The molecule has 0 aliphatic heterocycles. The van der Waals surface area contributed by atoms with Gasteiger partial charge < -0.3 is 4.74 Å². The highest BCUT2D eigenvalue weighted by Gasteiger charge is 2.08. The number of hydrogen-bond donors (Lipinski definition) is 0. The molecule has 20 heavy (non-hydrogen) atoms. The van der Waals surface area contributed by atoms with E-state index in [0.29, 0.717) is 5.92 Å². The first-order valence-corrected chi connectivity index (χ1v) is 7.69. The maximum absolute atomic E-state index is 5.15. The molecule has 0 fully saturated rings. The van der Waals surface area contributed by atoms with Crippen molar-refractivity contribution in [1.82, 2.24) is 20.2 Å². The summed E-state index contributed by atoms with van der Waals surface area (Å²) >= 11 is 1.70. The minimum atomic E-state index is 0.541. The molecule has 0 amide bonds. The van der Waals surface area contributed by atoms with Crippen LogP contribution in [-0.2, 0) is 13.0 Å². The highest BCUT2D eigenvalue weighted by Crippen LogP contribution is 2.18. The van der Waals surface area contributed by atoms with Gasteiger partial charge in [-0.1, -0.05) is 37.7 Å². The number of rotatable bonds is 7. The third kappa shape index (κ3) is 4.23. The van der Waals surface area contributed by atoms with Crippen LogP contribution in [-0.4, -0.2) is 33.1 Å². The van der Waals surface area contributed by atoms with Gasteiger partial charge in [0, 0.05) is 12.3 Å². The van der Waals surface area contributed by atoms with Gasteiger partial charge in [-0.05, 0) is 40.5 Å². The number of tetrazole rings is 1. The molecule has 0 spiro atoms. The average Bonchev–Trinajstić information content (AvgIpc) is 2.86. The van der Waals surface area contributed by atoms with Crippen LogP contribution in [0.5, 0.6) is 5.75 Å². The summed E-state index contributed by atoms with van der Waals surface area (Å²) in [6.45, 7) is 5.18. The Morgan fingerprint density at radius 3 is 2.65 bits per heavy atom. The second-order valence-corrected chi connectivity index (χ2v) is 6.05. The Bertz CT molecular complexity index is 524. The number of nitrogens with zero attached hydrogens (tertiary/aromatic N) is 4. The molecule has 1 aromatic heterocycles. The summed E-state index contributed by atoms with van der Waals surface area (Å²) < 4.78 is 7.03. The lowest BCUT2D eigenvalue weighted by Gasteiger charge is -2.06. The third-order valence-corrected chi connectivity index (χ3v) is 3.78. The van der Waals surface area contributed by atoms with E-state index in [1.165, 1.54) is 5.56 Å². The molecule has 0 aliphatic carbocycles. The van der Waals surface area contributed by atoms with E-state index in [4.69, 9.17) is 4.74 Å². The Morgan fingerprint density at radius 2 is 2.00 bits per heavy atom. The van der Waals surface area contributed by atoms with Gasteiger partial charge in [0.05, 0.1) is 7.11 Å². The second kappa shape index (κ2) is 7.28. The molecule has 1 aromatic carbocycles. The zero-order chi connectivity index (χ0) is 14.4. The lowest BCUT2D eigenvalue weighted by atomic mass is 10.2. The van der Waals surface area contributed by atoms with Crippen molar-refractivity contribution in [2.75, 3.05) is 12.9 Å². The van der Waals surface area contributed by atoms with Gasteiger partial charge in [0.1, 0.15) is 5.75 Å². The Hall–Kier alpha value is -1.56. The maximum atomic E-state index is 5.15. The van der Waals surface area contributed by atoms with Crippen LogP contribution < -0.4 is 4.74 Å². The number of ether oxygens (including phenoxy) is 1. The van der Waals surface area contributed by atoms with Crippen molar-refractivity contribution < 1.29 is 4.74 Å². The molecule has 6 heteroatoms. The number of aryl methyl sites for hydroxylation is 1. The topological polar surface area (TPSA) is 52.8 Å². The van der Waals surface area contributed by atoms with E-state index in [2.05, 4.69) is 41.5 Å². The first-order valence-electron chi connectivity index (χ1n) is 6.71. The van der Waals surface area contributed by atoms with Crippen molar-refractivity contribution >= 4 is 11.8 Å². The molecular formula is C14H20N4OS. The molecule has 0 bridgehead atoms. The molecule has 0 unspecified atom stereocenters. The Labute approximate surface area is 123 Å². The first-order chi connectivity index (χ1) is 9.69. The van der Waals surface area contributed by atoms with Gasteiger partial charge >= 0.3 is 0 Å². The second-order valence-electron chi connectivity index (χ2n) is 4.98. The minimum absolute atomic E-state index is 0.541. The molecule has 0 N–H and O–H groups in total. The van der Waals surface area contributed by atoms with E-state index < -0.39 is 0 Å². The van der Waals surface area contributed by atoms with E-state index in [1.807, 2.05) is 16.8 Å². The van der Waals surface area contributed by atoms with Crippen molar-refractivity contribution in [3.8, 4) is 5.75 Å². The fraction of sp³-hybridized carbons (Fsp3) is 0.500. The van der Waals surface area contributed by atoms with Crippen LogP contribution in [0.2, 0.25) is 0 Å². The fourth-order valence-corrected chi connectivity index (χ4v) is 2.69. The molecule has 108 valence electrons. The fourth-order valence-electron chi connectivity index (χ4n) is 1.81. The van der Waals surface area contributed by atoms with Crippen LogP contribution in [0.25, 0.3) is 0 Å². The van der Waals surface area contributed by atoms with Crippen LogP contribution >= 0.6 is 11.8 Å². The molecule has 0 saturated heterocycles. The molecule has 5 nitrogen and oxygen atoms in total. The van der Waals surface area contributed by atoms with Crippen molar-refractivity contribution in [2.45, 2.75) is 32.0 Å². The summed E-state index contributed by atoms with van der Waals surface area (Å²) in [5, 5.41) is 12.7. The van der Waals surface area contributed by atoms with Gasteiger partial charge in [0.2, 0.25) is 5.16 Å². The average molecular weight is 292 g/mol. The van der Waals surface area contributed by atoms with Crippen LogP contribution in [0, 0.1) is 5.92 Å². The molecule has 0 saturated carbocycles. The maximum Gasteiger partial charge on any atom is 0.209 e. The van der Waals surface area contributed by atoms with E-state index in [0.717, 1.165) is 29.6 Å². The van der Waals surface area contributed by atoms with E-state index in [-0.39, 0.29) is 0 Å². The normalized spacial score (nSPS) is 11.0. The molecule has 2 rings (SSSR count). The van der Waals surface area contributed by atoms with Crippen molar-refractivity contribution in [3.63, 3.8) is 0 Å². The molecule has 0 aliphatic rings. The number of hydrogen-bond acceptors (Lipinski definition) is 5. The van der Waals surface area contributed by atoms with E-state index in [9.17, 15) is 0 Å². The Balaban J connectivity index is 1.84. The largest absolute Gasteiger partial charge is 0.497 e. The van der Waals surface area contributed by atoms with Crippen LogP contribution in [0.1, 0.15) is 19.4 Å². The number of benzene rings is 1. The zero-order valence-corrected chi connectivity index (χ0v) is 12.9. The van der Waals surface area contributed by atoms with Gasteiger partial charge in [-0.3, -0.25) is 0 Å². The first kappa shape index (κ1) is 14.8. The summed E-state index contributed by atoms with van der Waals surface area (Å²) in [4.78, 5) is 0. The SMILES string of the molecule is COc1ccc(CCSc2nnnn2CC(C)C)cc1. The van der Waals surface area contributed by atoms with Gasteiger partial charge in [-0.15, -0.1) is 5.10 Å². The van der Waals surface area contributed by atoms with Crippen molar-refractivity contribution in [1.29, 1.82) is 0 Å². The summed E-state index contributed by atoms with van der Waals surface area (Å²) in [6, 6.07) is 8.17. The van der Waals surface area contributed by atoms with Gasteiger partial charge in [0.15, 0.2) is 0 Å². The highest BCUT2D eigenvalue weighted by molar-refractivity contribution is 7.99. The molecule has 0 radical (unpaired) electrons. The monoisotopic (exact) mass is 292 g/mol. The molecule has 2 aromatic rings. The number of thioether (sulfide) groups is 1. The summed E-state index contributed by atoms with van der Waals surface area (Å²) in [6.07, 6.45) is 0.989. The Morgan fingerprint density at radius 1 is 1.25 bits per heavy atom. The Kier molecular flexibility index (Phi) is 5.40. The smallest absolute Gasteiger partial charge is 0.209 e. The van der Waals surface area contributed by atoms with Gasteiger partial charge in [0.25, 0.3) is 0 Å². The predicted molar refractivity (Wildman–Crippen MR) is 80.1 cm³/mol. The third-order valence-electron chi connectivity index (χ3n) is 2.82. The lowest BCUT2D eigenvalue weighted by molar-refractivity contribution is 0.414. The molecule has 0 atom stereocenters. The predicted octanol–water partition coefficient (Wildman–Crippen LogP) is 2.67. The molecular weight excluding hydrogens is 272 g/mol. The van der Waals surface area contributed by atoms with Crippen molar-refractivity contribution in [3.05, 3.63) is 29.8 Å². The summed E-state index contributed by atoms with van der Waals surface area (Å²) in [5.41, 5.74) is 1.29. The lowest BCUT2D eigenvalue weighted by Crippen LogP contribution is -2.08. The summed E-state index contributed by atoms with van der Waals surface area (Å²) in [7, 11) is 1.68. The summed E-state index contributed by atoms with van der Waals surface area (Å²) in [5.74, 6) is 2.40. The van der Waals surface area contributed by atoms with Gasteiger partial charge in [-0.2, -0.15) is 0 Å². The van der Waals surface area contributed by atoms with Gasteiger partial charge in [-0.25, -0.2) is 4.68 Å². The molecule has 1 heterocycles. The van der Waals surface area contributed by atoms with Crippen LogP contribution in [0.3, 0.4) is 0 Å². The minimum Gasteiger partial charge on any atom is -0.497 e. The highest BCUT2D eigenvalue weighted by atomic mass is 32.2. The standard InChI is InChI=1S/C14H20N4OS/c1-11(2)10-18-14(15-16-17-18)20-9-8-12-4-6-13(19-3)7-5-12/h4-7,11H,8-10H2,1-3H3. The quantitative estimate of drug-likeness (QED) is 0.734. The van der Waals surface area contributed by atoms with E-state index >= 15 is 0 Å². The van der Waals surface area contributed by atoms with Crippen molar-refractivity contribution in [2.24, 2.45) is 5.92 Å². The number of aromatic nitrogens is 4. The number of methoxy groups -OCH3 is 1. The van der Waals surface area contributed by atoms with E-state index in [1.54, 1.807) is 18.9 Å². The van der Waals surface area contributed by atoms with Crippen LogP contribution in [0.15, 0.2) is 29.4 Å². The zero-order valence-electron chi connectivity index (χ0n) is 12.1. The van der Waals surface area contributed by atoms with Crippen LogP contribution in [0.4, 0.5) is 0 Å².